The van der Waals surface area contributed by atoms with Gasteiger partial charge in [-0.2, -0.15) is 0 Å². The minimum atomic E-state index is -0.680. The second kappa shape index (κ2) is 9.45. The van der Waals surface area contributed by atoms with E-state index < -0.39 is 17.7 Å². The molecule has 0 aliphatic carbocycles. The van der Waals surface area contributed by atoms with Crippen LogP contribution in [0.4, 0.5) is 0 Å². The van der Waals surface area contributed by atoms with E-state index in [-0.39, 0.29) is 17.4 Å². The van der Waals surface area contributed by atoms with Gasteiger partial charge in [0.2, 0.25) is 0 Å². The second-order valence-electron chi connectivity index (χ2n) is 7.43. The van der Waals surface area contributed by atoms with Gasteiger partial charge in [0.25, 0.3) is 11.7 Å². The molecule has 1 unspecified atom stereocenters. The molecule has 2 aromatic rings. The number of Topliss-reactive ketones (excluding diaryl/α,β-unsaturated/α-hetero) is 1. The fourth-order valence-corrected chi connectivity index (χ4v) is 4.63. The summed E-state index contributed by atoms with van der Waals surface area (Å²) in [6, 6.07) is 8.24. The molecule has 1 fully saturated rings. The number of ketones is 1. The molecule has 1 aromatic heterocycles. The first-order chi connectivity index (χ1) is 14.4. The number of aliphatic hydroxyl groups is 1. The maximum atomic E-state index is 13.0. The number of carbonyl (C=O) groups is 2. The number of likely N-dealkylation sites (tertiary alicyclic amines) is 1. The van der Waals surface area contributed by atoms with E-state index in [0.717, 1.165) is 10.4 Å². The third-order valence-electron chi connectivity index (χ3n) is 5.05. The number of carbonyl (C=O) groups excluding carboxylic acids is 2. The molecule has 6 nitrogen and oxygen atoms in total. The quantitative estimate of drug-likeness (QED) is 0.293. The zero-order valence-corrected chi connectivity index (χ0v) is 18.5. The number of rotatable bonds is 8. The third kappa shape index (κ3) is 4.27. The lowest BCUT2D eigenvalue weighted by molar-refractivity contribution is -0.140. The lowest BCUT2D eigenvalue weighted by atomic mass is 9.98. The molecule has 0 saturated carbocycles. The predicted octanol–water partition coefficient (Wildman–Crippen LogP) is 4.30. The molecule has 3 rings (SSSR count). The van der Waals surface area contributed by atoms with Crippen molar-refractivity contribution in [2.24, 2.45) is 0 Å². The average molecular weight is 430 g/mol. The van der Waals surface area contributed by atoms with E-state index in [1.165, 1.54) is 18.4 Å². The van der Waals surface area contributed by atoms with Crippen LogP contribution in [0.5, 0.6) is 5.75 Å². The molecule has 1 N–H and O–H groups in total. The summed E-state index contributed by atoms with van der Waals surface area (Å²) < 4.78 is 10.9. The van der Waals surface area contributed by atoms with Crippen LogP contribution in [0.3, 0.4) is 0 Å². The van der Waals surface area contributed by atoms with Crippen molar-refractivity contribution in [2.75, 3.05) is 20.3 Å². The number of aryl methyl sites for hydroxylation is 1. The Balaban J connectivity index is 2.05. The van der Waals surface area contributed by atoms with Crippen molar-refractivity contribution in [1.82, 2.24) is 4.90 Å². The zero-order valence-electron chi connectivity index (χ0n) is 17.7. The van der Waals surface area contributed by atoms with Crippen LogP contribution in [0.1, 0.15) is 42.3 Å². The molecule has 1 saturated heterocycles. The molecular formula is C23H27NO5S. The third-order valence-corrected chi connectivity index (χ3v) is 6.12. The number of hydrogen-bond acceptors (Lipinski definition) is 6. The minimum Gasteiger partial charge on any atom is -0.507 e. The van der Waals surface area contributed by atoms with Crippen molar-refractivity contribution in [2.45, 2.75) is 39.3 Å². The Bertz CT molecular complexity index is 962. The van der Waals surface area contributed by atoms with Gasteiger partial charge in [0.1, 0.15) is 11.5 Å². The van der Waals surface area contributed by atoms with Gasteiger partial charge in [-0.15, -0.1) is 11.3 Å². The fourth-order valence-electron chi connectivity index (χ4n) is 3.59. The highest BCUT2D eigenvalue weighted by Crippen LogP contribution is 2.43. The summed E-state index contributed by atoms with van der Waals surface area (Å²) >= 11 is 1.47. The van der Waals surface area contributed by atoms with Crippen molar-refractivity contribution < 1.29 is 24.2 Å². The van der Waals surface area contributed by atoms with E-state index in [2.05, 4.69) is 0 Å². The molecule has 1 aliphatic rings. The smallest absolute Gasteiger partial charge is 0.295 e. The minimum absolute atomic E-state index is 0.0971. The Morgan fingerprint density at radius 2 is 1.97 bits per heavy atom. The van der Waals surface area contributed by atoms with Crippen LogP contribution in [0.15, 0.2) is 41.3 Å². The number of benzene rings is 1. The van der Waals surface area contributed by atoms with Crippen LogP contribution in [0.2, 0.25) is 0 Å². The molecule has 160 valence electrons. The topological polar surface area (TPSA) is 76.1 Å². The van der Waals surface area contributed by atoms with Gasteiger partial charge in [-0.25, -0.2) is 0 Å². The molecule has 30 heavy (non-hydrogen) atoms. The predicted molar refractivity (Wildman–Crippen MR) is 117 cm³/mol. The van der Waals surface area contributed by atoms with Gasteiger partial charge in [0.05, 0.1) is 30.4 Å². The summed E-state index contributed by atoms with van der Waals surface area (Å²) in [5.74, 6) is -1.06. The highest BCUT2D eigenvalue weighted by molar-refractivity contribution is 7.10. The van der Waals surface area contributed by atoms with E-state index in [4.69, 9.17) is 9.47 Å². The highest BCUT2D eigenvalue weighted by Gasteiger charge is 2.47. The molecule has 0 radical (unpaired) electrons. The van der Waals surface area contributed by atoms with Gasteiger partial charge in [-0.1, -0.05) is 12.1 Å². The SMILES string of the molecule is COc1ccccc1/C(O)=C1\C(=O)C(=O)N(CCCOC(C)C)C1c1sccc1C. The van der Waals surface area contributed by atoms with Crippen LogP contribution < -0.4 is 4.74 Å². The lowest BCUT2D eigenvalue weighted by Crippen LogP contribution is -2.31. The standard InChI is InChI=1S/C23H27NO5S/c1-14(2)29-12-7-11-24-19(22-15(3)10-13-30-22)18(21(26)23(24)27)20(25)16-8-5-6-9-17(16)28-4/h5-6,8-10,13-14,19,25H,7,11-12H2,1-4H3/b20-18+. The van der Waals surface area contributed by atoms with Gasteiger partial charge < -0.3 is 19.5 Å². The van der Waals surface area contributed by atoms with E-state index in [9.17, 15) is 14.7 Å². The fraction of sp³-hybridized carbons (Fsp3) is 0.391. The number of hydrogen-bond donors (Lipinski definition) is 1. The summed E-state index contributed by atoms with van der Waals surface area (Å²) in [6.45, 7) is 6.70. The average Bonchev–Trinajstić information content (AvgIpc) is 3.25. The molecular weight excluding hydrogens is 402 g/mol. The van der Waals surface area contributed by atoms with Crippen LogP contribution in [0.25, 0.3) is 5.76 Å². The number of thiophene rings is 1. The van der Waals surface area contributed by atoms with Gasteiger partial charge in [-0.05, 0) is 56.3 Å². The number of nitrogens with zero attached hydrogens (tertiary/aromatic N) is 1. The van der Waals surface area contributed by atoms with Crippen molar-refractivity contribution >= 4 is 28.8 Å². The molecule has 2 heterocycles. The number of aliphatic hydroxyl groups excluding tert-OH is 1. The largest absolute Gasteiger partial charge is 0.507 e. The molecule has 7 heteroatoms. The number of amides is 1. The van der Waals surface area contributed by atoms with Gasteiger partial charge >= 0.3 is 0 Å². The van der Waals surface area contributed by atoms with Crippen LogP contribution in [-0.4, -0.2) is 48.1 Å². The van der Waals surface area contributed by atoms with Crippen molar-refractivity contribution in [3.05, 3.63) is 57.3 Å². The Morgan fingerprint density at radius 3 is 2.60 bits per heavy atom. The molecule has 0 spiro atoms. The number of methoxy groups -OCH3 is 1. The van der Waals surface area contributed by atoms with Crippen LogP contribution in [0, 0.1) is 6.92 Å². The van der Waals surface area contributed by atoms with Crippen LogP contribution in [-0.2, 0) is 14.3 Å². The first-order valence-corrected chi connectivity index (χ1v) is 10.8. The summed E-state index contributed by atoms with van der Waals surface area (Å²) in [6.07, 6.45) is 0.696. The van der Waals surface area contributed by atoms with Gasteiger partial charge in [0, 0.05) is 18.0 Å². The molecule has 1 aliphatic heterocycles. The number of ether oxygens (including phenoxy) is 2. The normalized spacial score (nSPS) is 18.4. The Morgan fingerprint density at radius 1 is 1.23 bits per heavy atom. The van der Waals surface area contributed by atoms with Crippen molar-refractivity contribution in [3.63, 3.8) is 0 Å². The summed E-state index contributed by atoms with van der Waals surface area (Å²) in [5.41, 5.74) is 1.46. The Hall–Kier alpha value is -2.64. The first kappa shape index (κ1) is 22.1. The summed E-state index contributed by atoms with van der Waals surface area (Å²) in [4.78, 5) is 28.3. The second-order valence-corrected chi connectivity index (χ2v) is 8.38. The first-order valence-electron chi connectivity index (χ1n) is 9.94. The van der Waals surface area contributed by atoms with Crippen LogP contribution >= 0.6 is 11.3 Å². The van der Waals surface area contributed by atoms with Gasteiger partial charge in [-0.3, -0.25) is 9.59 Å². The van der Waals surface area contributed by atoms with E-state index in [0.29, 0.717) is 30.9 Å². The monoisotopic (exact) mass is 429 g/mol. The lowest BCUT2D eigenvalue weighted by Gasteiger charge is -2.25. The van der Waals surface area contributed by atoms with E-state index in [1.54, 1.807) is 29.2 Å². The van der Waals surface area contributed by atoms with Crippen molar-refractivity contribution in [3.8, 4) is 5.75 Å². The molecule has 0 bridgehead atoms. The molecule has 1 aromatic carbocycles. The zero-order chi connectivity index (χ0) is 21.8. The summed E-state index contributed by atoms with van der Waals surface area (Å²) in [5, 5.41) is 13.0. The molecule has 1 amide bonds. The highest BCUT2D eigenvalue weighted by atomic mass is 32.1. The number of para-hydroxylation sites is 1. The Labute approximate surface area is 180 Å². The maximum absolute atomic E-state index is 13.0. The summed E-state index contributed by atoms with van der Waals surface area (Å²) in [7, 11) is 1.50. The maximum Gasteiger partial charge on any atom is 0.295 e. The van der Waals surface area contributed by atoms with Gasteiger partial charge in [0.15, 0.2) is 0 Å². The molecule has 1 atom stereocenters. The van der Waals surface area contributed by atoms with E-state index in [1.807, 2.05) is 32.2 Å². The Kier molecular flexibility index (Phi) is 6.95. The van der Waals surface area contributed by atoms with E-state index >= 15 is 0 Å². The van der Waals surface area contributed by atoms with Crippen molar-refractivity contribution in [1.29, 1.82) is 0 Å².